The van der Waals surface area contributed by atoms with Crippen LogP contribution < -0.4 is 25.2 Å². The fourth-order valence-electron chi connectivity index (χ4n) is 4.52. The largest absolute Gasteiger partial charge is 0.492 e. The monoisotopic (exact) mass is 647 g/mol. The number of carboxylic acid groups (broad SMARTS) is 1. The molecule has 0 saturated heterocycles. The van der Waals surface area contributed by atoms with E-state index < -0.39 is 16.0 Å². The van der Waals surface area contributed by atoms with E-state index in [-0.39, 0.29) is 11.1 Å². The van der Waals surface area contributed by atoms with Crippen molar-refractivity contribution < 1.29 is 27.8 Å². The molecule has 0 aliphatic rings. The zero-order chi connectivity index (χ0) is 33.6. The molecule has 14 heteroatoms. The molecule has 0 radical (unpaired) electrons. The number of nitrogens with zero attached hydrogens (tertiary/aromatic N) is 4. The number of para-hydroxylation sites is 1. The summed E-state index contributed by atoms with van der Waals surface area (Å²) in [5.74, 6) is 0.625. The Labute approximate surface area is 267 Å². The number of carboxylic acids is 1. The number of hydrogen-bond acceptors (Lipinski definition) is 10. The predicted octanol–water partition coefficient (Wildman–Crippen LogP) is 5.41. The Balaban J connectivity index is 0.000000232. The summed E-state index contributed by atoms with van der Waals surface area (Å²) in [7, 11) is -0.227. The number of benzene rings is 2. The second-order valence-electron chi connectivity index (χ2n) is 11.4. The number of anilines is 3. The van der Waals surface area contributed by atoms with Crippen molar-refractivity contribution in [1.82, 2.24) is 19.5 Å². The van der Waals surface area contributed by atoms with Crippen molar-refractivity contribution in [3.05, 3.63) is 90.0 Å². The number of nitrogens with two attached hydrogens (primary N) is 1. The first-order valence-corrected chi connectivity index (χ1v) is 16.0. The molecule has 46 heavy (non-hydrogen) atoms. The van der Waals surface area contributed by atoms with Gasteiger partial charge >= 0.3 is 5.97 Å². The van der Waals surface area contributed by atoms with Crippen molar-refractivity contribution in [3.63, 3.8) is 0 Å². The third kappa shape index (κ3) is 8.41. The summed E-state index contributed by atoms with van der Waals surface area (Å²) in [5.41, 5.74) is 9.21. The van der Waals surface area contributed by atoms with Crippen molar-refractivity contribution in [2.75, 3.05) is 29.1 Å². The van der Waals surface area contributed by atoms with Crippen LogP contribution in [-0.2, 0) is 29.0 Å². The number of rotatable bonds is 9. The van der Waals surface area contributed by atoms with Gasteiger partial charge in [-0.25, -0.2) is 18.2 Å². The Kier molecular flexibility index (Phi) is 10.0. The van der Waals surface area contributed by atoms with Crippen LogP contribution in [0.5, 0.6) is 17.4 Å². The van der Waals surface area contributed by atoms with E-state index in [9.17, 15) is 18.3 Å². The first-order chi connectivity index (χ1) is 21.7. The third-order valence-electron chi connectivity index (χ3n) is 6.72. The molecule has 2 aromatic carbocycles. The van der Waals surface area contributed by atoms with Gasteiger partial charge in [-0.15, -0.1) is 0 Å². The van der Waals surface area contributed by atoms with E-state index in [0.717, 1.165) is 22.9 Å². The van der Waals surface area contributed by atoms with Gasteiger partial charge in [-0.1, -0.05) is 39.0 Å². The quantitative estimate of drug-likeness (QED) is 0.150. The molecule has 0 atom stereocenters. The number of methoxy groups -OCH3 is 1. The molecule has 0 bridgehead atoms. The number of sulfonamides is 1. The minimum Gasteiger partial charge on any atom is -0.492 e. The lowest BCUT2D eigenvalue weighted by Gasteiger charge is -2.22. The maximum atomic E-state index is 11.4. The summed E-state index contributed by atoms with van der Waals surface area (Å²) < 4.78 is 37.8. The summed E-state index contributed by atoms with van der Waals surface area (Å²) in [6, 6.07) is 17.9. The molecule has 0 spiro atoms. The van der Waals surface area contributed by atoms with Gasteiger partial charge in [0, 0.05) is 30.9 Å². The first-order valence-electron chi connectivity index (χ1n) is 14.1. The van der Waals surface area contributed by atoms with E-state index in [1.54, 1.807) is 54.3 Å². The molecular weight excluding hydrogens is 610 g/mol. The Hall–Kier alpha value is -5.37. The van der Waals surface area contributed by atoms with Crippen molar-refractivity contribution in [1.29, 1.82) is 0 Å². The highest BCUT2D eigenvalue weighted by Crippen LogP contribution is 2.37. The van der Waals surface area contributed by atoms with E-state index in [0.29, 0.717) is 46.8 Å². The second kappa shape index (κ2) is 13.7. The third-order valence-corrected chi connectivity index (χ3v) is 7.31. The van der Waals surface area contributed by atoms with Gasteiger partial charge in [0.15, 0.2) is 11.5 Å². The molecule has 5 rings (SSSR count). The van der Waals surface area contributed by atoms with Crippen LogP contribution >= 0.6 is 0 Å². The van der Waals surface area contributed by atoms with Gasteiger partial charge in [-0.2, -0.15) is 4.98 Å². The normalized spacial score (nSPS) is 11.3. The maximum absolute atomic E-state index is 11.4. The number of aromatic carboxylic acids is 1. The van der Waals surface area contributed by atoms with Crippen LogP contribution in [0, 0.1) is 0 Å². The number of hydrogen-bond donors (Lipinski definition) is 4. The summed E-state index contributed by atoms with van der Waals surface area (Å²) in [6.07, 6.45) is 4.41. The van der Waals surface area contributed by atoms with Crippen LogP contribution in [0.15, 0.2) is 73.1 Å². The van der Waals surface area contributed by atoms with Crippen molar-refractivity contribution in [2.24, 2.45) is 7.05 Å². The molecular formula is C32H37N7O6S. The topological polar surface area (TPSA) is 184 Å². The van der Waals surface area contributed by atoms with E-state index >= 15 is 0 Å². The van der Waals surface area contributed by atoms with E-state index in [1.165, 1.54) is 7.11 Å². The Bertz CT molecular complexity index is 1960. The standard InChI is InChI=1S/C20H17N5O3.C12H20N2O3S/c1-25-15(19(26)27)11-13-5-4-7-16(18(13)25)28-17-8-10-22-20(24-17)23-12-14-6-2-3-9-21-14;1-12(2,3)8-6-9(13)11(17-4)10(7-8)14-18(5,15)16/h2-11H,12H2,1H3,(H,26,27)(H,22,23,24);6-7,14H,13H2,1-5H3. The van der Waals surface area contributed by atoms with Gasteiger partial charge in [0.2, 0.25) is 21.9 Å². The summed E-state index contributed by atoms with van der Waals surface area (Å²) >= 11 is 0. The van der Waals surface area contributed by atoms with Gasteiger partial charge in [-0.3, -0.25) is 9.71 Å². The lowest BCUT2D eigenvalue weighted by atomic mass is 9.86. The molecule has 13 nitrogen and oxygen atoms in total. The van der Waals surface area contributed by atoms with Gasteiger partial charge in [0.1, 0.15) is 5.69 Å². The van der Waals surface area contributed by atoms with Crippen LogP contribution in [0.3, 0.4) is 0 Å². The number of aryl methyl sites for hydroxylation is 1. The molecule has 5 aromatic rings. The predicted molar refractivity (Wildman–Crippen MR) is 178 cm³/mol. The van der Waals surface area contributed by atoms with Gasteiger partial charge < -0.3 is 30.2 Å². The molecule has 0 fully saturated rings. The number of pyridine rings is 1. The zero-order valence-electron chi connectivity index (χ0n) is 26.4. The van der Waals surface area contributed by atoms with Crippen molar-refractivity contribution in [3.8, 4) is 17.4 Å². The Morgan fingerprint density at radius 3 is 2.43 bits per heavy atom. The number of nitrogens with one attached hydrogen (secondary N) is 2. The minimum absolute atomic E-state index is 0.131. The summed E-state index contributed by atoms with van der Waals surface area (Å²) in [6.45, 7) is 6.56. The summed E-state index contributed by atoms with van der Waals surface area (Å²) in [5, 5.41) is 13.2. The van der Waals surface area contributed by atoms with Crippen LogP contribution in [0.4, 0.5) is 17.3 Å². The fourth-order valence-corrected chi connectivity index (χ4v) is 5.07. The average molecular weight is 648 g/mol. The average Bonchev–Trinajstić information content (AvgIpc) is 3.33. The molecule has 3 aromatic heterocycles. The highest BCUT2D eigenvalue weighted by atomic mass is 32.2. The van der Waals surface area contributed by atoms with Crippen LogP contribution in [0.25, 0.3) is 10.9 Å². The molecule has 0 saturated carbocycles. The highest BCUT2D eigenvalue weighted by Gasteiger charge is 2.20. The van der Waals surface area contributed by atoms with Gasteiger partial charge in [0.05, 0.1) is 42.5 Å². The Morgan fingerprint density at radius 2 is 1.80 bits per heavy atom. The minimum atomic E-state index is -3.37. The first kappa shape index (κ1) is 33.5. The number of carbonyl (C=O) groups is 1. The van der Waals surface area contributed by atoms with Gasteiger partial charge in [0.25, 0.3) is 0 Å². The van der Waals surface area contributed by atoms with E-state index in [4.69, 9.17) is 15.2 Å². The van der Waals surface area contributed by atoms with E-state index in [2.05, 4.69) is 25.0 Å². The van der Waals surface area contributed by atoms with Crippen LogP contribution in [-0.4, -0.2) is 52.4 Å². The Morgan fingerprint density at radius 1 is 1.04 bits per heavy atom. The SMILES string of the molecule is COc1c(N)cc(C(C)(C)C)cc1NS(C)(=O)=O.Cn1c(C(=O)O)cc2cccc(Oc3ccnc(NCc4ccccn4)n3)c21. The van der Waals surface area contributed by atoms with E-state index in [1.807, 2.05) is 51.1 Å². The number of fused-ring (bicyclic) bond motifs is 1. The van der Waals surface area contributed by atoms with Crippen molar-refractivity contribution >= 4 is 44.2 Å². The molecule has 0 unspecified atom stereocenters. The molecule has 242 valence electrons. The lowest BCUT2D eigenvalue weighted by Crippen LogP contribution is -2.15. The van der Waals surface area contributed by atoms with Crippen LogP contribution in [0.2, 0.25) is 0 Å². The van der Waals surface area contributed by atoms with Gasteiger partial charge in [-0.05, 0) is 47.4 Å². The van der Waals surface area contributed by atoms with Crippen LogP contribution in [0.1, 0.15) is 42.5 Å². The maximum Gasteiger partial charge on any atom is 0.352 e. The van der Waals surface area contributed by atoms with Crippen molar-refractivity contribution in [2.45, 2.75) is 32.7 Å². The molecule has 0 amide bonds. The molecule has 0 aliphatic carbocycles. The second-order valence-corrected chi connectivity index (χ2v) is 13.1. The number of ether oxygens (including phenoxy) is 2. The molecule has 5 N–H and O–H groups in total. The number of aromatic nitrogens is 4. The summed E-state index contributed by atoms with van der Waals surface area (Å²) in [4.78, 5) is 24.2. The molecule has 3 heterocycles. The highest BCUT2D eigenvalue weighted by molar-refractivity contribution is 7.92. The number of nitrogen functional groups attached to an aromatic ring is 1. The smallest absolute Gasteiger partial charge is 0.352 e. The lowest BCUT2D eigenvalue weighted by molar-refractivity contribution is 0.0687. The zero-order valence-corrected chi connectivity index (χ0v) is 27.2. The fraction of sp³-hybridized carbons (Fsp3) is 0.250. The molecule has 0 aliphatic heterocycles.